The molecule has 3 N–H and O–H groups in total. The van der Waals surface area contributed by atoms with Crippen molar-refractivity contribution < 1.29 is 19.5 Å². The van der Waals surface area contributed by atoms with Gasteiger partial charge < -0.3 is 20.6 Å². The zero-order valence-corrected chi connectivity index (χ0v) is 17.2. The fourth-order valence-electron chi connectivity index (χ4n) is 2.39. The molecule has 0 saturated carbocycles. The third kappa shape index (κ3) is 8.30. The molecule has 0 aliphatic rings. The summed E-state index contributed by atoms with van der Waals surface area (Å²) in [4.78, 5) is 37.3. The molecule has 0 aliphatic heterocycles. The highest BCUT2D eigenvalue weighted by Gasteiger charge is 2.21. The van der Waals surface area contributed by atoms with Crippen LogP contribution in [0.2, 0.25) is 5.02 Å². The van der Waals surface area contributed by atoms with Crippen LogP contribution in [0.4, 0.5) is 10.5 Å². The fraction of sp³-hybridized carbons (Fsp3) is 0.526. The number of rotatable bonds is 7. The van der Waals surface area contributed by atoms with Gasteiger partial charge in [0.2, 0.25) is 0 Å². The maximum absolute atomic E-state index is 12.9. The molecule has 0 bridgehead atoms. The molecule has 0 aliphatic carbocycles. The van der Waals surface area contributed by atoms with Crippen LogP contribution < -0.4 is 10.6 Å². The predicted molar refractivity (Wildman–Crippen MR) is 106 cm³/mol. The van der Waals surface area contributed by atoms with Gasteiger partial charge >= 0.3 is 12.0 Å². The summed E-state index contributed by atoms with van der Waals surface area (Å²) in [5.41, 5.74) is 0.239. The van der Waals surface area contributed by atoms with E-state index in [2.05, 4.69) is 10.6 Å². The van der Waals surface area contributed by atoms with Crippen LogP contribution in [0.3, 0.4) is 0 Å². The average Bonchev–Trinajstić information content (AvgIpc) is 2.50. The van der Waals surface area contributed by atoms with Gasteiger partial charge in [0.15, 0.2) is 0 Å². The molecule has 7 nitrogen and oxygen atoms in total. The number of amides is 3. The van der Waals surface area contributed by atoms with Crippen LogP contribution in [0.5, 0.6) is 0 Å². The number of urea groups is 1. The molecule has 1 aromatic carbocycles. The van der Waals surface area contributed by atoms with Crippen LogP contribution in [0.25, 0.3) is 0 Å². The van der Waals surface area contributed by atoms with Crippen LogP contribution in [-0.2, 0) is 4.79 Å². The van der Waals surface area contributed by atoms with Gasteiger partial charge in [0, 0.05) is 24.3 Å². The number of hydrogen-bond acceptors (Lipinski definition) is 3. The number of hydrogen-bond donors (Lipinski definition) is 3. The van der Waals surface area contributed by atoms with Gasteiger partial charge in [-0.25, -0.2) is 4.79 Å². The lowest BCUT2D eigenvalue weighted by molar-refractivity contribution is -0.137. The van der Waals surface area contributed by atoms with Crippen molar-refractivity contribution in [3.63, 3.8) is 0 Å². The van der Waals surface area contributed by atoms with Crippen molar-refractivity contribution in [1.29, 1.82) is 0 Å². The predicted octanol–water partition coefficient (Wildman–Crippen LogP) is 3.83. The van der Waals surface area contributed by atoms with Crippen molar-refractivity contribution in [3.8, 4) is 0 Å². The Kier molecular flexibility index (Phi) is 8.09. The Bertz CT molecular complexity index is 699. The molecule has 0 unspecified atom stereocenters. The van der Waals surface area contributed by atoms with Gasteiger partial charge in [-0.1, -0.05) is 25.4 Å². The Labute approximate surface area is 165 Å². The third-order valence-corrected chi connectivity index (χ3v) is 3.74. The summed E-state index contributed by atoms with van der Waals surface area (Å²) >= 11 is 6.19. The van der Waals surface area contributed by atoms with Crippen molar-refractivity contribution in [1.82, 2.24) is 10.2 Å². The smallest absolute Gasteiger partial charge is 0.319 e. The molecule has 0 aromatic heterocycles. The summed E-state index contributed by atoms with van der Waals surface area (Å²) < 4.78 is 0. The molecular weight excluding hydrogens is 370 g/mol. The number of nitrogens with one attached hydrogen (secondary N) is 2. The van der Waals surface area contributed by atoms with E-state index in [1.807, 2.05) is 34.6 Å². The second-order valence-corrected chi connectivity index (χ2v) is 8.22. The lowest BCUT2D eigenvalue weighted by Crippen LogP contribution is -2.43. The number of carbonyl (C=O) groups excluding carboxylic acids is 2. The number of anilines is 1. The third-order valence-electron chi connectivity index (χ3n) is 3.41. The molecule has 8 heteroatoms. The van der Waals surface area contributed by atoms with Gasteiger partial charge in [-0.05, 0) is 44.9 Å². The number of carbonyl (C=O) groups is 3. The minimum atomic E-state index is -0.975. The molecule has 0 radical (unpaired) electrons. The minimum absolute atomic E-state index is 0.0881. The van der Waals surface area contributed by atoms with Gasteiger partial charge in [-0.3, -0.25) is 9.59 Å². The number of carboxylic acids is 1. The Balaban J connectivity index is 3.02. The van der Waals surface area contributed by atoms with E-state index in [9.17, 15) is 14.4 Å². The topological polar surface area (TPSA) is 98.7 Å². The van der Waals surface area contributed by atoms with Crippen molar-refractivity contribution in [2.45, 2.75) is 46.6 Å². The van der Waals surface area contributed by atoms with Gasteiger partial charge in [-0.15, -0.1) is 0 Å². The van der Waals surface area contributed by atoms with Crippen molar-refractivity contribution >= 4 is 35.2 Å². The quantitative estimate of drug-likeness (QED) is 0.651. The lowest BCUT2D eigenvalue weighted by atomic mass is 10.1. The Hall–Kier alpha value is -2.28. The summed E-state index contributed by atoms with van der Waals surface area (Å²) in [5, 5.41) is 14.6. The summed E-state index contributed by atoms with van der Waals surface area (Å²) in [7, 11) is 0. The molecule has 0 heterocycles. The van der Waals surface area contributed by atoms with E-state index in [1.54, 1.807) is 6.07 Å². The highest BCUT2D eigenvalue weighted by molar-refractivity contribution is 6.34. The molecule has 27 heavy (non-hydrogen) atoms. The average molecular weight is 398 g/mol. The Morgan fingerprint density at radius 1 is 1.22 bits per heavy atom. The fourth-order valence-corrected chi connectivity index (χ4v) is 2.59. The van der Waals surface area contributed by atoms with E-state index in [4.69, 9.17) is 16.7 Å². The molecule has 3 amide bonds. The zero-order valence-electron chi connectivity index (χ0n) is 16.4. The first-order valence-electron chi connectivity index (χ1n) is 8.79. The van der Waals surface area contributed by atoms with Gasteiger partial charge in [0.1, 0.15) is 0 Å². The van der Waals surface area contributed by atoms with E-state index in [-0.39, 0.29) is 35.4 Å². The van der Waals surface area contributed by atoms with E-state index < -0.39 is 17.5 Å². The molecule has 0 saturated heterocycles. The van der Waals surface area contributed by atoms with E-state index in [0.717, 1.165) is 0 Å². The summed E-state index contributed by atoms with van der Waals surface area (Å²) in [5.74, 6) is -1.17. The van der Waals surface area contributed by atoms with Crippen LogP contribution in [0.1, 0.15) is 51.4 Å². The number of carboxylic acid groups (broad SMARTS) is 1. The number of nitrogens with zero attached hydrogens (tertiary/aromatic N) is 1. The first-order valence-corrected chi connectivity index (χ1v) is 9.16. The second-order valence-electron chi connectivity index (χ2n) is 7.81. The Morgan fingerprint density at radius 3 is 2.37 bits per heavy atom. The van der Waals surface area contributed by atoms with Crippen LogP contribution >= 0.6 is 11.6 Å². The molecule has 1 aromatic rings. The summed E-state index contributed by atoms with van der Waals surface area (Å²) in [6.07, 6.45) is -0.151. The van der Waals surface area contributed by atoms with E-state index in [0.29, 0.717) is 12.2 Å². The molecular formula is C19H28ClN3O4. The monoisotopic (exact) mass is 397 g/mol. The molecule has 150 valence electrons. The van der Waals surface area contributed by atoms with E-state index >= 15 is 0 Å². The summed E-state index contributed by atoms with van der Waals surface area (Å²) in [6, 6.07) is 4.24. The van der Waals surface area contributed by atoms with Gasteiger partial charge in [0.25, 0.3) is 5.91 Å². The largest absolute Gasteiger partial charge is 0.481 e. The second kappa shape index (κ2) is 9.60. The maximum Gasteiger partial charge on any atom is 0.319 e. The maximum atomic E-state index is 12.9. The minimum Gasteiger partial charge on any atom is -0.481 e. The number of halogens is 1. The molecule has 0 fully saturated rings. The SMILES string of the molecule is CC(C)CN(CCC(=O)O)C(=O)c1cc(NC(=O)NC(C)(C)C)ccc1Cl. The highest BCUT2D eigenvalue weighted by atomic mass is 35.5. The van der Waals surface area contributed by atoms with Gasteiger partial charge in [-0.2, -0.15) is 0 Å². The zero-order chi connectivity index (χ0) is 20.8. The molecule has 1 rings (SSSR count). The van der Waals surface area contributed by atoms with Crippen molar-refractivity contribution in [2.75, 3.05) is 18.4 Å². The first-order chi connectivity index (χ1) is 12.4. The summed E-state index contributed by atoms with van der Waals surface area (Å²) in [6.45, 7) is 9.95. The lowest BCUT2D eigenvalue weighted by Gasteiger charge is -2.25. The van der Waals surface area contributed by atoms with Crippen molar-refractivity contribution in [3.05, 3.63) is 28.8 Å². The Morgan fingerprint density at radius 2 is 1.85 bits per heavy atom. The van der Waals surface area contributed by atoms with Crippen molar-refractivity contribution in [2.24, 2.45) is 5.92 Å². The normalized spacial score (nSPS) is 11.2. The highest BCUT2D eigenvalue weighted by Crippen LogP contribution is 2.23. The molecule has 0 atom stereocenters. The standard InChI is InChI=1S/C19H28ClN3O4/c1-12(2)11-23(9-8-16(24)25)17(26)14-10-13(6-7-15(14)20)21-18(27)22-19(3,4)5/h6-7,10,12H,8-9,11H2,1-5H3,(H,24,25)(H2,21,22,27). The van der Waals surface area contributed by atoms with Crippen LogP contribution in [0.15, 0.2) is 18.2 Å². The number of aliphatic carboxylic acids is 1. The van der Waals surface area contributed by atoms with Crippen LogP contribution in [0, 0.1) is 5.92 Å². The molecule has 0 spiro atoms. The van der Waals surface area contributed by atoms with E-state index in [1.165, 1.54) is 17.0 Å². The van der Waals surface area contributed by atoms with Crippen LogP contribution in [-0.4, -0.2) is 46.5 Å². The number of benzene rings is 1. The first kappa shape index (κ1) is 22.8. The van der Waals surface area contributed by atoms with Gasteiger partial charge in [0.05, 0.1) is 17.0 Å².